The van der Waals surface area contributed by atoms with Crippen LogP contribution in [0.2, 0.25) is 0 Å². The highest BCUT2D eigenvalue weighted by atomic mass is 79.9. The van der Waals surface area contributed by atoms with Crippen molar-refractivity contribution in [3.05, 3.63) is 40.9 Å². The zero-order chi connectivity index (χ0) is 9.97. The third kappa shape index (κ3) is 1.80. The molecule has 0 bridgehead atoms. The van der Waals surface area contributed by atoms with Gasteiger partial charge >= 0.3 is 0 Å². The van der Waals surface area contributed by atoms with E-state index in [9.17, 15) is 0 Å². The molecule has 0 aliphatic rings. The van der Waals surface area contributed by atoms with Crippen molar-refractivity contribution in [2.75, 3.05) is 0 Å². The monoisotopic (exact) mass is 249 g/mol. The van der Waals surface area contributed by atoms with Crippen LogP contribution in [0, 0.1) is 6.92 Å². The lowest BCUT2D eigenvalue weighted by atomic mass is 10.2. The van der Waals surface area contributed by atoms with Gasteiger partial charge in [0.2, 0.25) is 0 Å². The van der Waals surface area contributed by atoms with Gasteiger partial charge in [-0.15, -0.1) is 0 Å². The summed E-state index contributed by atoms with van der Waals surface area (Å²) in [5.74, 6) is 0.704. The van der Waals surface area contributed by atoms with Crippen LogP contribution in [0.15, 0.2) is 35.3 Å². The lowest BCUT2D eigenvalue weighted by Crippen LogP contribution is -1.89. The van der Waals surface area contributed by atoms with Crippen LogP contribution in [0.3, 0.4) is 0 Å². The highest BCUT2D eigenvalue weighted by Crippen LogP contribution is 2.19. The Hall–Kier alpha value is -1.29. The van der Waals surface area contributed by atoms with Crippen molar-refractivity contribution in [1.29, 1.82) is 0 Å². The molecule has 2 aromatic heterocycles. The number of hydrogen-bond acceptors (Lipinski definition) is 3. The Kier molecular flexibility index (Phi) is 2.54. The van der Waals surface area contributed by atoms with E-state index in [1.165, 1.54) is 0 Å². The minimum atomic E-state index is 0.704. The first-order valence-corrected chi connectivity index (χ1v) is 4.96. The summed E-state index contributed by atoms with van der Waals surface area (Å²) in [6.45, 7) is 1.99. The second-order valence-electron chi connectivity index (χ2n) is 2.90. The molecule has 2 heterocycles. The lowest BCUT2D eigenvalue weighted by Gasteiger charge is -2.01. The third-order valence-electron chi connectivity index (χ3n) is 1.84. The number of nitrogens with zero attached hydrogens (tertiary/aromatic N) is 3. The second kappa shape index (κ2) is 3.84. The molecule has 0 fully saturated rings. The van der Waals surface area contributed by atoms with E-state index in [2.05, 4.69) is 30.9 Å². The number of rotatable bonds is 1. The van der Waals surface area contributed by atoms with Crippen molar-refractivity contribution in [1.82, 2.24) is 15.0 Å². The Bertz CT molecular complexity index is 442. The molecule has 0 amide bonds. The predicted octanol–water partition coefficient (Wildman–Crippen LogP) is 2.61. The van der Waals surface area contributed by atoms with Crippen LogP contribution in [0.25, 0.3) is 11.4 Å². The zero-order valence-corrected chi connectivity index (χ0v) is 9.19. The number of hydrogen-bond donors (Lipinski definition) is 0. The maximum atomic E-state index is 4.19. The summed E-state index contributed by atoms with van der Waals surface area (Å²) < 4.78 is 0.859. The molecule has 0 unspecified atom stereocenters. The highest BCUT2D eigenvalue weighted by molar-refractivity contribution is 9.10. The van der Waals surface area contributed by atoms with Crippen molar-refractivity contribution in [2.24, 2.45) is 0 Å². The summed E-state index contributed by atoms with van der Waals surface area (Å²) in [7, 11) is 0. The number of aromatic nitrogens is 3. The Balaban J connectivity index is 2.48. The number of aryl methyl sites for hydroxylation is 1. The number of halogens is 1. The molecular formula is C10H8BrN3. The van der Waals surface area contributed by atoms with Gasteiger partial charge in [0, 0.05) is 24.2 Å². The van der Waals surface area contributed by atoms with Crippen LogP contribution in [0.5, 0.6) is 0 Å². The molecule has 0 N–H and O–H groups in total. The average Bonchev–Trinajstić information content (AvgIpc) is 2.23. The fourth-order valence-corrected chi connectivity index (χ4v) is 1.35. The van der Waals surface area contributed by atoms with Crippen LogP contribution in [-0.2, 0) is 0 Å². The van der Waals surface area contributed by atoms with Crippen molar-refractivity contribution < 1.29 is 0 Å². The molecule has 3 nitrogen and oxygen atoms in total. The summed E-state index contributed by atoms with van der Waals surface area (Å²) >= 11 is 3.35. The van der Waals surface area contributed by atoms with E-state index in [4.69, 9.17) is 0 Å². The van der Waals surface area contributed by atoms with Crippen LogP contribution in [-0.4, -0.2) is 15.0 Å². The molecule has 0 atom stereocenters. The lowest BCUT2D eigenvalue weighted by molar-refractivity contribution is 1.14. The second-order valence-corrected chi connectivity index (χ2v) is 3.66. The van der Waals surface area contributed by atoms with Crippen LogP contribution in [0.1, 0.15) is 5.56 Å². The number of pyridine rings is 1. The van der Waals surface area contributed by atoms with Gasteiger partial charge in [-0.3, -0.25) is 0 Å². The van der Waals surface area contributed by atoms with E-state index < -0.39 is 0 Å². The van der Waals surface area contributed by atoms with Gasteiger partial charge in [0.15, 0.2) is 5.82 Å². The molecule has 2 aromatic rings. The molecule has 0 spiro atoms. The Morgan fingerprint density at radius 1 is 1.14 bits per heavy atom. The molecule has 0 saturated carbocycles. The first-order valence-electron chi connectivity index (χ1n) is 4.17. The van der Waals surface area contributed by atoms with E-state index in [1.807, 2.05) is 13.0 Å². The molecule has 2 rings (SSSR count). The van der Waals surface area contributed by atoms with Gasteiger partial charge in [-0.05, 0) is 40.5 Å². The van der Waals surface area contributed by atoms with E-state index in [1.54, 1.807) is 24.7 Å². The van der Waals surface area contributed by atoms with Crippen molar-refractivity contribution in [3.63, 3.8) is 0 Å². The van der Waals surface area contributed by atoms with Crippen LogP contribution in [0.4, 0.5) is 0 Å². The van der Waals surface area contributed by atoms with Gasteiger partial charge in [-0.2, -0.15) is 0 Å². The van der Waals surface area contributed by atoms with Crippen molar-refractivity contribution >= 4 is 15.9 Å². The standard InChI is InChI=1S/C10H8BrN3/c1-7-5-8(6-14-9(7)11)10-12-3-2-4-13-10/h2-6H,1H3. The average molecular weight is 250 g/mol. The molecular weight excluding hydrogens is 242 g/mol. The van der Waals surface area contributed by atoms with Crippen LogP contribution >= 0.6 is 15.9 Å². The van der Waals surface area contributed by atoms with Gasteiger partial charge in [-0.1, -0.05) is 0 Å². The molecule has 0 aliphatic carbocycles. The smallest absolute Gasteiger partial charge is 0.160 e. The largest absolute Gasteiger partial charge is 0.248 e. The summed E-state index contributed by atoms with van der Waals surface area (Å²) in [4.78, 5) is 12.5. The summed E-state index contributed by atoms with van der Waals surface area (Å²) in [5, 5.41) is 0. The highest BCUT2D eigenvalue weighted by Gasteiger charge is 2.02. The molecule has 0 radical (unpaired) electrons. The minimum absolute atomic E-state index is 0.704. The summed E-state index contributed by atoms with van der Waals surface area (Å²) in [6.07, 6.45) is 5.20. The quantitative estimate of drug-likeness (QED) is 0.730. The van der Waals surface area contributed by atoms with Crippen molar-refractivity contribution in [2.45, 2.75) is 6.92 Å². The fraction of sp³-hybridized carbons (Fsp3) is 0.100. The normalized spacial score (nSPS) is 10.1. The van der Waals surface area contributed by atoms with Gasteiger partial charge in [0.05, 0.1) is 0 Å². The van der Waals surface area contributed by atoms with Gasteiger partial charge in [0.25, 0.3) is 0 Å². The van der Waals surface area contributed by atoms with E-state index in [-0.39, 0.29) is 0 Å². The van der Waals surface area contributed by atoms with Gasteiger partial charge in [0.1, 0.15) is 4.60 Å². The molecule has 70 valence electrons. The Morgan fingerprint density at radius 2 is 1.86 bits per heavy atom. The Morgan fingerprint density at radius 3 is 2.50 bits per heavy atom. The van der Waals surface area contributed by atoms with Gasteiger partial charge < -0.3 is 0 Å². The maximum Gasteiger partial charge on any atom is 0.160 e. The third-order valence-corrected chi connectivity index (χ3v) is 2.67. The van der Waals surface area contributed by atoms with Crippen molar-refractivity contribution in [3.8, 4) is 11.4 Å². The molecule has 14 heavy (non-hydrogen) atoms. The summed E-state index contributed by atoms with van der Waals surface area (Å²) in [5.41, 5.74) is 2.02. The fourth-order valence-electron chi connectivity index (χ4n) is 1.13. The van der Waals surface area contributed by atoms with E-state index in [0.717, 1.165) is 15.7 Å². The first kappa shape index (κ1) is 9.27. The van der Waals surface area contributed by atoms with E-state index >= 15 is 0 Å². The summed E-state index contributed by atoms with van der Waals surface area (Å²) in [6, 6.07) is 3.80. The SMILES string of the molecule is Cc1cc(-c2ncccn2)cnc1Br. The minimum Gasteiger partial charge on any atom is -0.248 e. The molecule has 0 aromatic carbocycles. The van der Waals surface area contributed by atoms with Crippen LogP contribution < -0.4 is 0 Å². The Labute approximate surface area is 90.4 Å². The molecule has 0 aliphatic heterocycles. The first-order chi connectivity index (χ1) is 6.77. The molecule has 4 heteroatoms. The van der Waals surface area contributed by atoms with Gasteiger partial charge in [-0.25, -0.2) is 15.0 Å². The topological polar surface area (TPSA) is 38.7 Å². The molecule has 0 saturated heterocycles. The predicted molar refractivity (Wildman–Crippen MR) is 57.7 cm³/mol. The van der Waals surface area contributed by atoms with E-state index in [0.29, 0.717) is 5.82 Å². The zero-order valence-electron chi connectivity index (χ0n) is 7.61. The maximum absolute atomic E-state index is 4.19.